The monoisotopic (exact) mass is 123 g/mol. The summed E-state index contributed by atoms with van der Waals surface area (Å²) in [7, 11) is 0. The minimum absolute atomic E-state index is 0.735. The average molecular weight is 123 g/mol. The lowest BCUT2D eigenvalue weighted by Gasteiger charge is -2.18. The largest absolute Gasteiger partial charge is 0.310 e. The van der Waals surface area contributed by atoms with Crippen molar-refractivity contribution >= 4 is 0 Å². The zero-order chi connectivity index (χ0) is 6.10. The second-order valence-electron chi connectivity index (χ2n) is 3.03. The summed E-state index contributed by atoms with van der Waals surface area (Å²) < 4.78 is 0. The van der Waals surface area contributed by atoms with Crippen molar-refractivity contribution in [3.8, 4) is 0 Å². The van der Waals surface area contributed by atoms with Gasteiger partial charge >= 0.3 is 0 Å². The van der Waals surface area contributed by atoms with Gasteiger partial charge in [-0.05, 0) is 31.7 Å². The first-order valence-electron chi connectivity index (χ1n) is 3.87. The van der Waals surface area contributed by atoms with E-state index in [0.717, 1.165) is 12.0 Å². The molecule has 1 fully saturated rings. The molecule has 1 heterocycles. The van der Waals surface area contributed by atoms with Crippen molar-refractivity contribution in [1.29, 1.82) is 0 Å². The molecule has 0 amide bonds. The molecule has 1 saturated heterocycles. The number of allylic oxidation sites excluding steroid dienone is 1. The molecule has 1 nitrogen and oxygen atoms in total. The van der Waals surface area contributed by atoms with Crippen molar-refractivity contribution in [2.75, 3.05) is 6.54 Å². The molecule has 0 saturated carbocycles. The Balaban J connectivity index is 2.10. The molecule has 2 rings (SSSR count). The highest BCUT2D eigenvalue weighted by atomic mass is 14.9. The van der Waals surface area contributed by atoms with Crippen LogP contribution in [-0.2, 0) is 0 Å². The summed E-state index contributed by atoms with van der Waals surface area (Å²) >= 11 is 0. The van der Waals surface area contributed by atoms with Crippen molar-refractivity contribution < 1.29 is 0 Å². The van der Waals surface area contributed by atoms with Gasteiger partial charge in [0.1, 0.15) is 0 Å². The zero-order valence-electron chi connectivity index (χ0n) is 5.64. The molecule has 1 aliphatic heterocycles. The highest BCUT2D eigenvalue weighted by molar-refractivity contribution is 5.04. The van der Waals surface area contributed by atoms with E-state index >= 15 is 0 Å². The molecule has 2 aliphatic rings. The summed E-state index contributed by atoms with van der Waals surface area (Å²) in [5.74, 6) is 0.968. The first kappa shape index (κ1) is 5.48. The third-order valence-corrected chi connectivity index (χ3v) is 2.45. The molecule has 1 heteroatoms. The zero-order valence-corrected chi connectivity index (χ0v) is 5.64. The molecule has 0 aromatic rings. The molecule has 0 radical (unpaired) electrons. The van der Waals surface area contributed by atoms with Gasteiger partial charge in [0, 0.05) is 6.04 Å². The molecule has 0 spiro atoms. The average Bonchev–Trinajstić information content (AvgIpc) is 2.33. The van der Waals surface area contributed by atoms with Gasteiger partial charge in [-0.15, -0.1) is 0 Å². The van der Waals surface area contributed by atoms with Crippen molar-refractivity contribution in [3.63, 3.8) is 0 Å². The standard InChI is InChI=1S/C8H13N/c1-2-4-8-7(3-1)5-6-9-8/h2,4,7-9H,1,3,5-6H2/t7-,8-/m0/s1. The lowest BCUT2D eigenvalue weighted by molar-refractivity contribution is 0.460. The second kappa shape index (κ2) is 2.14. The van der Waals surface area contributed by atoms with E-state index in [-0.39, 0.29) is 0 Å². The van der Waals surface area contributed by atoms with E-state index in [1.807, 2.05) is 0 Å². The highest BCUT2D eigenvalue weighted by Gasteiger charge is 2.25. The van der Waals surface area contributed by atoms with Gasteiger partial charge in [0.05, 0.1) is 0 Å². The quantitative estimate of drug-likeness (QED) is 0.479. The van der Waals surface area contributed by atoms with Crippen LogP contribution in [0.25, 0.3) is 0 Å². The van der Waals surface area contributed by atoms with Gasteiger partial charge in [0.2, 0.25) is 0 Å². The Morgan fingerprint density at radius 2 is 2.33 bits per heavy atom. The summed E-state index contributed by atoms with van der Waals surface area (Å²) in [5, 5.41) is 3.47. The van der Waals surface area contributed by atoms with Gasteiger partial charge in [-0.1, -0.05) is 12.2 Å². The van der Waals surface area contributed by atoms with Gasteiger partial charge in [-0.2, -0.15) is 0 Å². The number of hydrogen-bond acceptors (Lipinski definition) is 1. The minimum Gasteiger partial charge on any atom is -0.310 e. The van der Waals surface area contributed by atoms with Crippen LogP contribution in [0.5, 0.6) is 0 Å². The van der Waals surface area contributed by atoms with Crippen molar-refractivity contribution in [1.82, 2.24) is 5.32 Å². The van der Waals surface area contributed by atoms with E-state index < -0.39 is 0 Å². The fraction of sp³-hybridized carbons (Fsp3) is 0.750. The van der Waals surface area contributed by atoms with Crippen LogP contribution in [0.15, 0.2) is 12.2 Å². The Kier molecular flexibility index (Phi) is 1.31. The Bertz CT molecular complexity index is 129. The number of nitrogens with one attached hydrogen (secondary N) is 1. The SMILES string of the molecule is C1=C[C@@H]2NCC[C@@H]2CC1. The predicted octanol–water partition coefficient (Wildman–Crippen LogP) is 1.31. The lowest BCUT2D eigenvalue weighted by Crippen LogP contribution is -2.25. The molecular weight excluding hydrogens is 110 g/mol. The van der Waals surface area contributed by atoms with E-state index in [2.05, 4.69) is 17.5 Å². The molecule has 50 valence electrons. The molecule has 0 aromatic heterocycles. The van der Waals surface area contributed by atoms with Gasteiger partial charge in [0.15, 0.2) is 0 Å². The van der Waals surface area contributed by atoms with E-state index in [1.165, 1.54) is 25.8 Å². The smallest absolute Gasteiger partial charge is 0.0278 e. The first-order valence-corrected chi connectivity index (χ1v) is 3.87. The predicted molar refractivity (Wildman–Crippen MR) is 38.3 cm³/mol. The molecule has 1 N–H and O–H groups in total. The summed E-state index contributed by atoms with van der Waals surface area (Å²) in [6.45, 7) is 1.24. The van der Waals surface area contributed by atoms with Gasteiger partial charge in [-0.3, -0.25) is 0 Å². The molecule has 0 bridgehead atoms. The lowest BCUT2D eigenvalue weighted by atomic mass is 9.91. The molecule has 1 aliphatic carbocycles. The van der Waals surface area contributed by atoms with E-state index in [4.69, 9.17) is 0 Å². The van der Waals surface area contributed by atoms with Crippen molar-refractivity contribution in [2.45, 2.75) is 25.3 Å². The summed E-state index contributed by atoms with van der Waals surface area (Å²) in [6, 6.07) is 0.735. The highest BCUT2D eigenvalue weighted by Crippen LogP contribution is 2.25. The van der Waals surface area contributed by atoms with Crippen LogP contribution in [-0.4, -0.2) is 12.6 Å². The maximum Gasteiger partial charge on any atom is 0.0278 e. The number of fused-ring (bicyclic) bond motifs is 1. The molecule has 0 aromatic carbocycles. The van der Waals surface area contributed by atoms with Gasteiger partial charge in [0.25, 0.3) is 0 Å². The van der Waals surface area contributed by atoms with Crippen molar-refractivity contribution in [2.24, 2.45) is 5.92 Å². The molecule has 2 atom stereocenters. The third-order valence-electron chi connectivity index (χ3n) is 2.45. The van der Waals surface area contributed by atoms with Crippen LogP contribution in [0.2, 0.25) is 0 Å². The van der Waals surface area contributed by atoms with Crippen LogP contribution in [0.4, 0.5) is 0 Å². The van der Waals surface area contributed by atoms with E-state index in [0.29, 0.717) is 0 Å². The van der Waals surface area contributed by atoms with Crippen LogP contribution in [0.3, 0.4) is 0 Å². The summed E-state index contributed by atoms with van der Waals surface area (Å²) in [4.78, 5) is 0. The summed E-state index contributed by atoms with van der Waals surface area (Å²) in [6.07, 6.45) is 8.76. The Hall–Kier alpha value is -0.300. The topological polar surface area (TPSA) is 12.0 Å². The van der Waals surface area contributed by atoms with Crippen LogP contribution < -0.4 is 5.32 Å². The van der Waals surface area contributed by atoms with E-state index in [9.17, 15) is 0 Å². The summed E-state index contributed by atoms with van der Waals surface area (Å²) in [5.41, 5.74) is 0. The van der Waals surface area contributed by atoms with Crippen LogP contribution in [0, 0.1) is 5.92 Å². The third kappa shape index (κ3) is 0.897. The Morgan fingerprint density at radius 3 is 3.22 bits per heavy atom. The first-order chi connectivity index (χ1) is 4.47. The normalized spacial score (nSPS) is 40.9. The number of hydrogen-bond donors (Lipinski definition) is 1. The van der Waals surface area contributed by atoms with Crippen molar-refractivity contribution in [3.05, 3.63) is 12.2 Å². The van der Waals surface area contributed by atoms with Gasteiger partial charge < -0.3 is 5.32 Å². The fourth-order valence-corrected chi connectivity index (χ4v) is 1.88. The van der Waals surface area contributed by atoms with Gasteiger partial charge in [-0.25, -0.2) is 0 Å². The fourth-order valence-electron chi connectivity index (χ4n) is 1.88. The Morgan fingerprint density at radius 1 is 1.33 bits per heavy atom. The molecule has 9 heavy (non-hydrogen) atoms. The molecule has 0 unspecified atom stereocenters. The Labute approximate surface area is 56.1 Å². The maximum atomic E-state index is 3.47. The van der Waals surface area contributed by atoms with Crippen LogP contribution >= 0.6 is 0 Å². The minimum atomic E-state index is 0.735. The van der Waals surface area contributed by atoms with E-state index in [1.54, 1.807) is 0 Å². The molecular formula is C8H13N. The maximum absolute atomic E-state index is 3.47. The second-order valence-corrected chi connectivity index (χ2v) is 3.03. The van der Waals surface area contributed by atoms with Crippen LogP contribution in [0.1, 0.15) is 19.3 Å². The number of rotatable bonds is 0.